The van der Waals surface area contributed by atoms with Gasteiger partial charge in [0.05, 0.1) is 0 Å². The number of anilines is 1. The summed E-state index contributed by atoms with van der Waals surface area (Å²) in [6.07, 6.45) is 3.58. The number of hydrogen-bond acceptors (Lipinski definition) is 4. The molecule has 1 N–H and O–H groups in total. The van der Waals surface area contributed by atoms with Gasteiger partial charge in [-0.05, 0) is 36.8 Å². The van der Waals surface area contributed by atoms with E-state index in [-0.39, 0.29) is 6.03 Å². The van der Waals surface area contributed by atoms with Crippen LogP contribution in [0.4, 0.5) is 10.5 Å². The van der Waals surface area contributed by atoms with Crippen LogP contribution in [0.2, 0.25) is 0 Å². The van der Waals surface area contributed by atoms with E-state index < -0.39 is 0 Å². The fourth-order valence-electron chi connectivity index (χ4n) is 3.04. The number of thioether (sulfide) groups is 1. The number of urea groups is 1. The van der Waals surface area contributed by atoms with Crippen molar-refractivity contribution in [2.24, 2.45) is 7.05 Å². The van der Waals surface area contributed by atoms with Crippen molar-refractivity contribution in [1.82, 2.24) is 19.7 Å². The highest BCUT2D eigenvalue weighted by atomic mass is 32.2. The van der Waals surface area contributed by atoms with Gasteiger partial charge in [-0.25, -0.2) is 4.79 Å². The molecule has 1 aliphatic rings. The maximum absolute atomic E-state index is 12.5. The number of benzene rings is 1. The van der Waals surface area contributed by atoms with Crippen molar-refractivity contribution in [2.45, 2.75) is 30.6 Å². The van der Waals surface area contributed by atoms with Gasteiger partial charge in [-0.1, -0.05) is 13.0 Å². The van der Waals surface area contributed by atoms with Crippen molar-refractivity contribution >= 4 is 23.5 Å². The van der Waals surface area contributed by atoms with Crippen molar-refractivity contribution in [2.75, 3.05) is 24.2 Å². The predicted molar refractivity (Wildman–Crippen MR) is 96.4 cm³/mol. The minimum Gasteiger partial charge on any atom is -0.324 e. The molecular weight excluding hydrogens is 322 g/mol. The lowest BCUT2D eigenvalue weighted by molar-refractivity contribution is 0.193. The Morgan fingerprint density at radius 3 is 2.83 bits per heavy atom. The molecule has 0 spiro atoms. The predicted octanol–water partition coefficient (Wildman–Crippen LogP) is 3.34. The molecule has 7 heteroatoms. The zero-order valence-electron chi connectivity index (χ0n) is 14.1. The minimum atomic E-state index is -0.0231. The van der Waals surface area contributed by atoms with Crippen molar-refractivity contribution in [3.8, 4) is 0 Å². The fraction of sp³-hybridized carbons (Fsp3) is 0.471. The Morgan fingerprint density at radius 1 is 1.38 bits per heavy atom. The molecule has 1 aliphatic heterocycles. The lowest BCUT2D eigenvalue weighted by Gasteiger charge is -2.31. The van der Waals surface area contributed by atoms with Crippen LogP contribution >= 0.6 is 11.8 Å². The van der Waals surface area contributed by atoms with Crippen LogP contribution in [0.1, 0.15) is 31.5 Å². The maximum Gasteiger partial charge on any atom is 0.321 e. The van der Waals surface area contributed by atoms with Gasteiger partial charge in [0.25, 0.3) is 0 Å². The van der Waals surface area contributed by atoms with E-state index in [4.69, 9.17) is 0 Å². The smallest absolute Gasteiger partial charge is 0.321 e. The van der Waals surface area contributed by atoms with Gasteiger partial charge < -0.3 is 14.8 Å². The molecule has 0 aliphatic carbocycles. The summed E-state index contributed by atoms with van der Waals surface area (Å²) < 4.78 is 1.97. The van der Waals surface area contributed by atoms with E-state index in [1.54, 1.807) is 18.1 Å². The summed E-state index contributed by atoms with van der Waals surface area (Å²) in [5.41, 5.74) is 0.855. The standard InChI is InChI=1S/C17H23N5OS/c1-3-24-15-6-4-5-14(11-15)19-17(23)22-9-7-13(8-10-22)16-20-18-12-21(16)2/h4-6,11-13H,3,7-10H2,1-2H3,(H,19,23). The largest absolute Gasteiger partial charge is 0.324 e. The molecule has 0 bridgehead atoms. The second kappa shape index (κ2) is 7.70. The number of nitrogens with zero attached hydrogens (tertiary/aromatic N) is 4. The van der Waals surface area contributed by atoms with Gasteiger partial charge in [0.1, 0.15) is 12.2 Å². The molecule has 3 rings (SSSR count). The Morgan fingerprint density at radius 2 is 2.17 bits per heavy atom. The van der Waals surface area contributed by atoms with Crippen LogP contribution in [0.15, 0.2) is 35.5 Å². The molecule has 0 atom stereocenters. The van der Waals surface area contributed by atoms with Crippen LogP contribution in [0.5, 0.6) is 0 Å². The fourth-order valence-corrected chi connectivity index (χ4v) is 3.75. The van der Waals surface area contributed by atoms with Gasteiger partial charge in [-0.2, -0.15) is 0 Å². The quantitative estimate of drug-likeness (QED) is 0.863. The van der Waals surface area contributed by atoms with Crippen molar-refractivity contribution in [1.29, 1.82) is 0 Å². The molecular formula is C17H23N5OS. The van der Waals surface area contributed by atoms with Gasteiger partial charge in [0.2, 0.25) is 0 Å². The van der Waals surface area contributed by atoms with E-state index in [1.165, 1.54) is 4.90 Å². The van der Waals surface area contributed by atoms with Crippen LogP contribution in [-0.4, -0.2) is 44.5 Å². The first-order chi connectivity index (χ1) is 11.7. The number of likely N-dealkylation sites (tertiary alicyclic amines) is 1. The molecule has 1 aromatic carbocycles. The van der Waals surface area contributed by atoms with Crippen LogP contribution in [-0.2, 0) is 7.05 Å². The molecule has 2 amide bonds. The van der Waals surface area contributed by atoms with E-state index in [1.807, 2.05) is 34.7 Å². The minimum absolute atomic E-state index is 0.0231. The van der Waals surface area contributed by atoms with E-state index in [0.29, 0.717) is 5.92 Å². The normalized spacial score (nSPS) is 15.5. The molecule has 0 unspecified atom stereocenters. The van der Waals surface area contributed by atoms with Gasteiger partial charge in [0.15, 0.2) is 0 Å². The van der Waals surface area contributed by atoms with Gasteiger partial charge >= 0.3 is 6.03 Å². The summed E-state index contributed by atoms with van der Waals surface area (Å²) in [6, 6.07) is 7.98. The first-order valence-electron chi connectivity index (χ1n) is 8.30. The summed E-state index contributed by atoms with van der Waals surface area (Å²) >= 11 is 1.77. The Balaban J connectivity index is 1.55. The second-order valence-corrected chi connectivity index (χ2v) is 7.29. The summed E-state index contributed by atoms with van der Waals surface area (Å²) in [5.74, 6) is 2.41. The zero-order chi connectivity index (χ0) is 16.9. The van der Waals surface area contributed by atoms with Gasteiger partial charge in [-0.15, -0.1) is 22.0 Å². The molecule has 1 aromatic heterocycles. The average Bonchev–Trinajstić information content (AvgIpc) is 3.02. The number of nitrogens with one attached hydrogen (secondary N) is 1. The topological polar surface area (TPSA) is 63.1 Å². The van der Waals surface area contributed by atoms with Crippen LogP contribution < -0.4 is 5.32 Å². The molecule has 2 aromatic rings. The molecule has 2 heterocycles. The number of carbonyl (C=O) groups excluding carboxylic acids is 1. The number of carbonyl (C=O) groups is 1. The van der Waals surface area contributed by atoms with Gasteiger partial charge in [-0.3, -0.25) is 0 Å². The Labute approximate surface area is 146 Å². The molecule has 1 fully saturated rings. The molecule has 6 nitrogen and oxygen atoms in total. The highest BCUT2D eigenvalue weighted by Crippen LogP contribution is 2.27. The van der Waals surface area contributed by atoms with E-state index in [0.717, 1.165) is 43.2 Å². The Hall–Kier alpha value is -2.02. The summed E-state index contributed by atoms with van der Waals surface area (Å²) in [7, 11) is 1.97. The third-order valence-corrected chi connectivity index (χ3v) is 5.17. The number of amides is 2. The summed E-state index contributed by atoms with van der Waals surface area (Å²) in [4.78, 5) is 15.5. The number of piperidine rings is 1. The highest BCUT2D eigenvalue weighted by Gasteiger charge is 2.26. The number of rotatable bonds is 4. The van der Waals surface area contributed by atoms with E-state index >= 15 is 0 Å². The Kier molecular flexibility index (Phi) is 5.40. The zero-order valence-corrected chi connectivity index (χ0v) is 14.9. The first-order valence-corrected chi connectivity index (χ1v) is 9.28. The average molecular weight is 345 g/mol. The van der Waals surface area contributed by atoms with Gasteiger partial charge in [0, 0.05) is 36.6 Å². The van der Waals surface area contributed by atoms with Crippen molar-refractivity contribution < 1.29 is 4.79 Å². The molecule has 24 heavy (non-hydrogen) atoms. The van der Waals surface area contributed by atoms with Crippen LogP contribution in [0.3, 0.4) is 0 Å². The second-order valence-electron chi connectivity index (χ2n) is 5.95. The number of aryl methyl sites for hydroxylation is 1. The summed E-state index contributed by atoms with van der Waals surface area (Å²) in [6.45, 7) is 3.61. The molecule has 0 saturated carbocycles. The van der Waals surface area contributed by atoms with Crippen molar-refractivity contribution in [3.63, 3.8) is 0 Å². The molecule has 128 valence electrons. The monoisotopic (exact) mass is 345 g/mol. The highest BCUT2D eigenvalue weighted by molar-refractivity contribution is 7.99. The third-order valence-electron chi connectivity index (χ3n) is 4.29. The number of hydrogen-bond donors (Lipinski definition) is 1. The van der Waals surface area contributed by atoms with Crippen molar-refractivity contribution in [3.05, 3.63) is 36.4 Å². The molecule has 1 saturated heterocycles. The number of aromatic nitrogens is 3. The summed E-state index contributed by atoms with van der Waals surface area (Å²) in [5, 5.41) is 11.2. The van der Waals surface area contributed by atoms with Crippen LogP contribution in [0.25, 0.3) is 0 Å². The lowest BCUT2D eigenvalue weighted by atomic mass is 9.96. The lowest BCUT2D eigenvalue weighted by Crippen LogP contribution is -2.40. The third kappa shape index (κ3) is 3.90. The van der Waals surface area contributed by atoms with E-state index in [2.05, 4.69) is 28.5 Å². The van der Waals surface area contributed by atoms with Crippen LogP contribution in [0, 0.1) is 0 Å². The first kappa shape index (κ1) is 16.8. The SMILES string of the molecule is CCSc1cccc(NC(=O)N2CCC(c3nncn3C)CC2)c1. The van der Waals surface area contributed by atoms with E-state index in [9.17, 15) is 4.79 Å². The Bertz CT molecular complexity index is 694. The molecule has 0 radical (unpaired) electrons. The maximum atomic E-state index is 12.5.